The molecular weight excluding hydrogens is 230 g/mol. The maximum absolute atomic E-state index is 8.87. The molecule has 78 valence electrons. The van der Waals surface area contributed by atoms with Crippen molar-refractivity contribution in [2.24, 2.45) is 0 Å². The average molecular weight is 240 g/mol. The molecule has 0 aromatic heterocycles. The molecule has 0 saturated heterocycles. The Balaban J connectivity index is 3.15. The van der Waals surface area contributed by atoms with Gasteiger partial charge in [0.2, 0.25) is 0 Å². The molecule has 0 unspecified atom stereocenters. The van der Waals surface area contributed by atoms with Crippen molar-refractivity contribution < 1.29 is 29.4 Å². The molecular formula is C6H10O6P2+2. The fraction of sp³-hybridized carbons (Fsp3) is 0. The van der Waals surface area contributed by atoms with Gasteiger partial charge in [-0.15, -0.1) is 0 Å². The van der Waals surface area contributed by atoms with Crippen LogP contribution in [0.2, 0.25) is 0 Å². The highest BCUT2D eigenvalue weighted by atomic mass is 31.2. The van der Waals surface area contributed by atoms with Crippen molar-refractivity contribution in [1.82, 2.24) is 0 Å². The van der Waals surface area contributed by atoms with E-state index in [0.29, 0.717) is 0 Å². The van der Waals surface area contributed by atoms with E-state index in [0.717, 1.165) is 6.07 Å². The van der Waals surface area contributed by atoms with Crippen LogP contribution in [-0.4, -0.2) is 29.4 Å². The fourth-order valence-corrected chi connectivity index (χ4v) is 2.16. The SMILES string of the molecule is O[P+](O)(O)c1cccc([P+](O)(O)O)c1. The Morgan fingerprint density at radius 1 is 0.714 bits per heavy atom. The van der Waals surface area contributed by atoms with E-state index >= 15 is 0 Å². The van der Waals surface area contributed by atoms with Crippen LogP contribution in [0.5, 0.6) is 0 Å². The highest BCUT2D eigenvalue weighted by Gasteiger charge is 2.40. The van der Waals surface area contributed by atoms with Gasteiger partial charge in [-0.3, -0.25) is 0 Å². The van der Waals surface area contributed by atoms with Crippen LogP contribution in [0.4, 0.5) is 0 Å². The van der Waals surface area contributed by atoms with Crippen LogP contribution in [0.15, 0.2) is 24.3 Å². The van der Waals surface area contributed by atoms with Crippen molar-refractivity contribution in [1.29, 1.82) is 0 Å². The van der Waals surface area contributed by atoms with E-state index in [1.165, 1.54) is 18.2 Å². The van der Waals surface area contributed by atoms with Crippen LogP contribution in [0.25, 0.3) is 0 Å². The summed E-state index contributed by atoms with van der Waals surface area (Å²) in [6.07, 6.45) is 0. The molecule has 8 heteroatoms. The summed E-state index contributed by atoms with van der Waals surface area (Å²) >= 11 is 0. The molecule has 0 aliphatic carbocycles. The molecule has 0 bridgehead atoms. The van der Waals surface area contributed by atoms with Crippen LogP contribution in [0.1, 0.15) is 0 Å². The van der Waals surface area contributed by atoms with Gasteiger partial charge in [0.25, 0.3) is 0 Å². The molecule has 0 saturated carbocycles. The summed E-state index contributed by atoms with van der Waals surface area (Å²) in [5, 5.41) is -0.506. The van der Waals surface area contributed by atoms with Crippen molar-refractivity contribution in [2.45, 2.75) is 0 Å². The second kappa shape index (κ2) is 3.77. The van der Waals surface area contributed by atoms with Crippen molar-refractivity contribution in [3.8, 4) is 0 Å². The van der Waals surface area contributed by atoms with Crippen LogP contribution in [-0.2, 0) is 0 Å². The van der Waals surface area contributed by atoms with E-state index in [1.54, 1.807) is 0 Å². The highest BCUT2D eigenvalue weighted by Crippen LogP contribution is 2.46. The maximum atomic E-state index is 8.87. The third-order valence-electron chi connectivity index (χ3n) is 1.52. The van der Waals surface area contributed by atoms with Gasteiger partial charge in [-0.25, -0.2) is 0 Å². The van der Waals surface area contributed by atoms with Gasteiger partial charge in [0.05, 0.1) is 0 Å². The molecule has 0 aliphatic heterocycles. The lowest BCUT2D eigenvalue weighted by Gasteiger charge is -2.05. The van der Waals surface area contributed by atoms with E-state index in [-0.39, 0.29) is 10.6 Å². The standard InChI is InChI=1S/C6H10O6P2/c7-13(8,9)5-2-1-3-6(4-5)14(10,11)12/h1-4,7-12H/q+2. The first-order valence-corrected chi connectivity index (χ1v) is 6.76. The Bertz CT molecular complexity index is 299. The second-order valence-electron chi connectivity index (χ2n) is 2.66. The number of benzene rings is 1. The van der Waals surface area contributed by atoms with Gasteiger partial charge < -0.3 is 0 Å². The minimum absolute atomic E-state index is 0.253. The van der Waals surface area contributed by atoms with Gasteiger partial charge in [0.15, 0.2) is 10.6 Å². The van der Waals surface area contributed by atoms with E-state index in [4.69, 9.17) is 29.4 Å². The lowest BCUT2D eigenvalue weighted by atomic mass is 10.4. The predicted octanol–water partition coefficient (Wildman–Crippen LogP) is -1.58. The Kier molecular flexibility index (Phi) is 3.21. The topological polar surface area (TPSA) is 121 Å². The van der Waals surface area contributed by atoms with Crippen LogP contribution in [0.3, 0.4) is 0 Å². The largest absolute Gasteiger partial charge is 0.441 e. The summed E-state index contributed by atoms with van der Waals surface area (Å²) in [5.74, 6) is 0. The molecule has 6 N–H and O–H groups in total. The van der Waals surface area contributed by atoms with Gasteiger partial charge >= 0.3 is 15.9 Å². The lowest BCUT2D eigenvalue weighted by Crippen LogP contribution is -2.18. The molecule has 0 amide bonds. The van der Waals surface area contributed by atoms with E-state index in [1.807, 2.05) is 0 Å². The first kappa shape index (κ1) is 11.9. The molecule has 0 heterocycles. The van der Waals surface area contributed by atoms with Gasteiger partial charge in [0.1, 0.15) is 0 Å². The molecule has 1 aromatic carbocycles. The van der Waals surface area contributed by atoms with E-state index in [2.05, 4.69) is 0 Å². The predicted molar refractivity (Wildman–Crippen MR) is 52.9 cm³/mol. The van der Waals surface area contributed by atoms with E-state index in [9.17, 15) is 0 Å². The van der Waals surface area contributed by atoms with Crippen LogP contribution in [0, 0.1) is 0 Å². The van der Waals surface area contributed by atoms with Crippen molar-refractivity contribution >= 4 is 26.5 Å². The molecule has 14 heavy (non-hydrogen) atoms. The zero-order valence-corrected chi connectivity index (χ0v) is 8.68. The molecule has 0 spiro atoms. The monoisotopic (exact) mass is 240 g/mol. The van der Waals surface area contributed by atoms with Gasteiger partial charge in [-0.2, -0.15) is 29.4 Å². The number of hydrogen-bond acceptors (Lipinski definition) is 6. The molecule has 0 radical (unpaired) electrons. The van der Waals surface area contributed by atoms with Gasteiger partial charge in [-0.1, -0.05) is 6.07 Å². The van der Waals surface area contributed by atoms with E-state index < -0.39 is 15.9 Å². The van der Waals surface area contributed by atoms with Crippen LogP contribution >= 0.6 is 15.9 Å². The van der Waals surface area contributed by atoms with Crippen LogP contribution < -0.4 is 10.6 Å². The molecule has 0 atom stereocenters. The molecule has 6 nitrogen and oxygen atoms in total. The smallest absolute Gasteiger partial charge is 0.189 e. The maximum Gasteiger partial charge on any atom is 0.441 e. The Labute approximate surface area is 80.9 Å². The Morgan fingerprint density at radius 2 is 1.07 bits per heavy atom. The Hall–Kier alpha value is -0.160. The van der Waals surface area contributed by atoms with Gasteiger partial charge in [-0.05, 0) is 12.1 Å². The normalized spacial score (nSPS) is 13.0. The number of hydrogen-bond donors (Lipinski definition) is 6. The van der Waals surface area contributed by atoms with Crippen molar-refractivity contribution in [2.75, 3.05) is 0 Å². The summed E-state index contributed by atoms with van der Waals surface area (Å²) in [7, 11) is -8.36. The molecule has 0 aliphatic rings. The number of rotatable bonds is 2. The minimum Gasteiger partial charge on any atom is -0.189 e. The van der Waals surface area contributed by atoms with Crippen molar-refractivity contribution in [3.63, 3.8) is 0 Å². The summed E-state index contributed by atoms with van der Waals surface area (Å²) in [6, 6.07) is 4.60. The zero-order valence-electron chi connectivity index (χ0n) is 6.89. The molecule has 0 fully saturated rings. The lowest BCUT2D eigenvalue weighted by molar-refractivity contribution is 0.346. The summed E-state index contributed by atoms with van der Waals surface area (Å²) in [4.78, 5) is 53.2. The second-order valence-corrected chi connectivity index (χ2v) is 5.96. The quantitative estimate of drug-likeness (QED) is 0.347. The third-order valence-corrected chi connectivity index (χ3v) is 3.46. The fourth-order valence-electron chi connectivity index (χ4n) is 0.866. The summed E-state index contributed by atoms with van der Waals surface area (Å²) in [6.45, 7) is 0. The zero-order chi connectivity index (χ0) is 11.0. The Morgan fingerprint density at radius 3 is 1.36 bits per heavy atom. The summed E-state index contributed by atoms with van der Waals surface area (Å²) < 4.78 is 0. The minimum atomic E-state index is -4.18. The van der Waals surface area contributed by atoms with Crippen molar-refractivity contribution in [3.05, 3.63) is 24.3 Å². The first-order valence-electron chi connectivity index (χ1n) is 3.47. The van der Waals surface area contributed by atoms with Gasteiger partial charge in [0, 0.05) is 6.07 Å². The average Bonchev–Trinajstić information content (AvgIpc) is 2.01. The molecule has 1 aromatic rings. The summed E-state index contributed by atoms with van der Waals surface area (Å²) in [5.41, 5.74) is 0. The third kappa shape index (κ3) is 2.92. The first-order chi connectivity index (χ1) is 6.21. The molecule has 1 rings (SSSR count). The highest BCUT2D eigenvalue weighted by molar-refractivity contribution is 7.68.